The van der Waals surface area contributed by atoms with Gasteiger partial charge in [-0.25, -0.2) is 4.98 Å². The number of aromatic nitrogens is 1. The summed E-state index contributed by atoms with van der Waals surface area (Å²) in [5.41, 5.74) is 2.30. The molecule has 0 spiro atoms. The lowest BCUT2D eigenvalue weighted by molar-refractivity contribution is -0.133. The maximum atomic E-state index is 12.6. The van der Waals surface area contributed by atoms with Crippen LogP contribution < -0.4 is 0 Å². The summed E-state index contributed by atoms with van der Waals surface area (Å²) in [6.45, 7) is 9.10. The van der Waals surface area contributed by atoms with Crippen molar-refractivity contribution >= 4 is 17.2 Å². The molecule has 0 bridgehead atoms. The van der Waals surface area contributed by atoms with Crippen LogP contribution in [0.4, 0.5) is 0 Å². The molecule has 0 unspecified atom stereocenters. The van der Waals surface area contributed by atoms with Crippen molar-refractivity contribution in [2.75, 3.05) is 0 Å². The Morgan fingerprint density at radius 3 is 2.43 bits per heavy atom. The van der Waals surface area contributed by atoms with Gasteiger partial charge in [0.2, 0.25) is 5.91 Å². The van der Waals surface area contributed by atoms with Gasteiger partial charge in [0, 0.05) is 30.8 Å². The first-order valence-corrected chi connectivity index (χ1v) is 9.13. The highest BCUT2D eigenvalue weighted by Crippen LogP contribution is 2.19. The van der Waals surface area contributed by atoms with E-state index >= 15 is 0 Å². The monoisotopic (exact) mass is 330 g/mol. The minimum absolute atomic E-state index is 0.199. The molecule has 0 atom stereocenters. The molecule has 0 radical (unpaired) electrons. The van der Waals surface area contributed by atoms with Gasteiger partial charge in [-0.1, -0.05) is 44.2 Å². The van der Waals surface area contributed by atoms with Crippen LogP contribution in [-0.2, 0) is 17.8 Å². The standard InChI is InChI=1S/C19H26N2OS/c1-14(2)17-13-23-18(20-17)10-11-19(22)21(15(3)4)12-16-8-6-5-7-9-16/h5-9,13-15H,10-12H2,1-4H3. The van der Waals surface area contributed by atoms with E-state index in [0.29, 0.717) is 18.9 Å². The van der Waals surface area contributed by atoms with Gasteiger partial charge >= 0.3 is 0 Å². The van der Waals surface area contributed by atoms with Crippen molar-refractivity contribution in [3.63, 3.8) is 0 Å². The van der Waals surface area contributed by atoms with Gasteiger partial charge in [0.1, 0.15) is 0 Å². The Balaban J connectivity index is 1.95. The van der Waals surface area contributed by atoms with Crippen LogP contribution in [-0.4, -0.2) is 21.8 Å². The largest absolute Gasteiger partial charge is 0.336 e. The van der Waals surface area contributed by atoms with Crippen molar-refractivity contribution in [1.82, 2.24) is 9.88 Å². The Morgan fingerprint density at radius 1 is 1.17 bits per heavy atom. The summed E-state index contributed by atoms with van der Waals surface area (Å²) in [5.74, 6) is 0.645. The van der Waals surface area contributed by atoms with Crippen molar-refractivity contribution in [2.45, 2.75) is 59.0 Å². The molecule has 0 fully saturated rings. The molecular formula is C19H26N2OS. The molecule has 0 saturated carbocycles. The Morgan fingerprint density at radius 2 is 1.87 bits per heavy atom. The van der Waals surface area contributed by atoms with Crippen LogP contribution in [0, 0.1) is 0 Å². The van der Waals surface area contributed by atoms with E-state index in [9.17, 15) is 4.79 Å². The Bertz CT molecular complexity index is 619. The van der Waals surface area contributed by atoms with E-state index in [1.54, 1.807) is 11.3 Å². The van der Waals surface area contributed by atoms with Crippen LogP contribution in [0.2, 0.25) is 0 Å². The van der Waals surface area contributed by atoms with Crippen LogP contribution >= 0.6 is 11.3 Å². The average molecular weight is 330 g/mol. The molecule has 0 aliphatic rings. The summed E-state index contributed by atoms with van der Waals surface area (Å²) < 4.78 is 0. The van der Waals surface area contributed by atoms with E-state index in [1.807, 2.05) is 23.1 Å². The van der Waals surface area contributed by atoms with E-state index in [4.69, 9.17) is 0 Å². The van der Waals surface area contributed by atoms with Gasteiger partial charge in [0.15, 0.2) is 0 Å². The van der Waals surface area contributed by atoms with Crippen LogP contribution in [0.1, 0.15) is 56.3 Å². The summed E-state index contributed by atoms with van der Waals surface area (Å²) >= 11 is 1.66. The average Bonchev–Trinajstić information content (AvgIpc) is 3.00. The molecule has 3 nitrogen and oxygen atoms in total. The van der Waals surface area contributed by atoms with E-state index < -0.39 is 0 Å². The number of carbonyl (C=O) groups excluding carboxylic acids is 1. The first-order valence-electron chi connectivity index (χ1n) is 8.25. The molecule has 0 aliphatic carbocycles. The highest BCUT2D eigenvalue weighted by Gasteiger charge is 2.18. The zero-order valence-corrected chi connectivity index (χ0v) is 15.3. The smallest absolute Gasteiger partial charge is 0.223 e. The lowest BCUT2D eigenvalue weighted by Crippen LogP contribution is -2.36. The van der Waals surface area contributed by atoms with Gasteiger partial charge in [0.05, 0.1) is 10.7 Å². The van der Waals surface area contributed by atoms with Crippen molar-refractivity contribution in [3.8, 4) is 0 Å². The fraction of sp³-hybridized carbons (Fsp3) is 0.474. The predicted octanol–water partition coefficient (Wildman–Crippen LogP) is 4.64. The minimum atomic E-state index is 0.199. The zero-order chi connectivity index (χ0) is 16.8. The second-order valence-electron chi connectivity index (χ2n) is 6.42. The van der Waals surface area contributed by atoms with Crippen LogP contribution in [0.3, 0.4) is 0 Å². The second kappa shape index (κ2) is 8.25. The van der Waals surface area contributed by atoms with Crippen molar-refractivity contribution in [1.29, 1.82) is 0 Å². The molecule has 0 N–H and O–H groups in total. The zero-order valence-electron chi connectivity index (χ0n) is 14.5. The van der Waals surface area contributed by atoms with E-state index in [0.717, 1.165) is 17.1 Å². The Labute approximate surface area is 143 Å². The third-order valence-electron chi connectivity index (χ3n) is 3.85. The summed E-state index contributed by atoms with van der Waals surface area (Å²) in [4.78, 5) is 19.2. The molecule has 124 valence electrons. The molecule has 0 saturated heterocycles. The topological polar surface area (TPSA) is 33.2 Å². The Hall–Kier alpha value is -1.68. The Kier molecular flexibility index (Phi) is 6.34. The van der Waals surface area contributed by atoms with Crippen molar-refractivity contribution in [3.05, 3.63) is 52.0 Å². The van der Waals surface area contributed by atoms with Crippen LogP contribution in [0.5, 0.6) is 0 Å². The first-order chi connectivity index (χ1) is 11.0. The van der Waals surface area contributed by atoms with Gasteiger partial charge in [-0.3, -0.25) is 4.79 Å². The number of aryl methyl sites for hydroxylation is 1. The van der Waals surface area contributed by atoms with Gasteiger partial charge in [0.25, 0.3) is 0 Å². The molecule has 23 heavy (non-hydrogen) atoms. The molecule has 2 aromatic rings. The molecule has 1 amide bonds. The van der Waals surface area contributed by atoms with E-state index in [-0.39, 0.29) is 11.9 Å². The number of benzene rings is 1. The number of thiazole rings is 1. The molecule has 1 heterocycles. The number of hydrogen-bond acceptors (Lipinski definition) is 3. The molecule has 1 aromatic carbocycles. The van der Waals surface area contributed by atoms with Gasteiger partial charge in [-0.15, -0.1) is 11.3 Å². The second-order valence-corrected chi connectivity index (χ2v) is 7.36. The van der Waals surface area contributed by atoms with Gasteiger partial charge < -0.3 is 4.90 Å². The van der Waals surface area contributed by atoms with E-state index in [1.165, 1.54) is 5.56 Å². The number of rotatable bonds is 7. The third kappa shape index (κ3) is 5.17. The number of carbonyl (C=O) groups is 1. The summed E-state index contributed by atoms with van der Waals surface area (Å²) in [6, 6.07) is 10.4. The van der Waals surface area contributed by atoms with Gasteiger partial charge in [-0.2, -0.15) is 0 Å². The molecule has 1 aromatic heterocycles. The first kappa shape index (κ1) is 17.7. The fourth-order valence-corrected chi connectivity index (χ4v) is 3.36. The third-order valence-corrected chi connectivity index (χ3v) is 4.78. The molecular weight excluding hydrogens is 304 g/mol. The molecule has 4 heteroatoms. The minimum Gasteiger partial charge on any atom is -0.336 e. The summed E-state index contributed by atoms with van der Waals surface area (Å²) in [6.07, 6.45) is 1.25. The fourth-order valence-electron chi connectivity index (χ4n) is 2.40. The lowest BCUT2D eigenvalue weighted by Gasteiger charge is -2.27. The number of hydrogen-bond donors (Lipinski definition) is 0. The normalized spacial score (nSPS) is 11.2. The SMILES string of the molecule is CC(C)c1csc(CCC(=O)N(Cc2ccccc2)C(C)C)n1. The number of amides is 1. The molecule has 0 aliphatic heterocycles. The lowest BCUT2D eigenvalue weighted by atomic mass is 10.1. The van der Waals surface area contributed by atoms with Crippen molar-refractivity contribution in [2.24, 2.45) is 0 Å². The van der Waals surface area contributed by atoms with Gasteiger partial charge in [-0.05, 0) is 25.3 Å². The van der Waals surface area contributed by atoms with E-state index in [2.05, 4.69) is 50.2 Å². The van der Waals surface area contributed by atoms with Crippen LogP contribution in [0.15, 0.2) is 35.7 Å². The van der Waals surface area contributed by atoms with Crippen molar-refractivity contribution < 1.29 is 4.79 Å². The van der Waals surface area contributed by atoms with Crippen LogP contribution in [0.25, 0.3) is 0 Å². The highest BCUT2D eigenvalue weighted by molar-refractivity contribution is 7.09. The molecule has 2 rings (SSSR count). The maximum Gasteiger partial charge on any atom is 0.223 e. The predicted molar refractivity (Wildman–Crippen MR) is 96.7 cm³/mol. The quantitative estimate of drug-likeness (QED) is 0.741. The maximum absolute atomic E-state index is 12.6. The summed E-state index contributed by atoms with van der Waals surface area (Å²) in [7, 11) is 0. The highest BCUT2D eigenvalue weighted by atomic mass is 32.1. The summed E-state index contributed by atoms with van der Waals surface area (Å²) in [5, 5.41) is 3.17. The number of nitrogens with zero attached hydrogens (tertiary/aromatic N) is 2.